The van der Waals surface area contributed by atoms with Crippen LogP contribution < -0.4 is 10.1 Å². The zero-order valence-electron chi connectivity index (χ0n) is 15.8. The number of hydrogen-bond acceptors (Lipinski definition) is 5. The second-order valence-corrected chi connectivity index (χ2v) is 6.59. The van der Waals surface area contributed by atoms with E-state index in [0.29, 0.717) is 5.82 Å². The molecule has 6 heteroatoms. The van der Waals surface area contributed by atoms with Crippen molar-refractivity contribution in [3.63, 3.8) is 0 Å². The zero-order chi connectivity index (χ0) is 19.0. The van der Waals surface area contributed by atoms with Crippen LogP contribution in [0.25, 0.3) is 16.6 Å². The molecule has 0 radical (unpaired) electrons. The molecule has 27 heavy (non-hydrogen) atoms. The second-order valence-electron chi connectivity index (χ2n) is 6.59. The third-order valence-electron chi connectivity index (χ3n) is 4.49. The van der Waals surface area contributed by atoms with Gasteiger partial charge in [-0.2, -0.15) is 5.10 Å². The van der Waals surface area contributed by atoms with E-state index in [1.54, 1.807) is 7.11 Å². The summed E-state index contributed by atoms with van der Waals surface area (Å²) in [5.74, 6) is 2.16. The minimum Gasteiger partial charge on any atom is -0.495 e. The van der Waals surface area contributed by atoms with Gasteiger partial charge in [0.25, 0.3) is 0 Å². The van der Waals surface area contributed by atoms with Gasteiger partial charge in [-0.25, -0.2) is 4.68 Å². The number of rotatable bonds is 4. The number of aromatic nitrogens is 4. The molecule has 0 unspecified atom stereocenters. The largest absolute Gasteiger partial charge is 0.495 e. The number of nitrogens with zero attached hydrogens (tertiary/aromatic N) is 4. The van der Waals surface area contributed by atoms with E-state index in [2.05, 4.69) is 20.6 Å². The van der Waals surface area contributed by atoms with E-state index in [4.69, 9.17) is 4.74 Å². The Bertz CT molecular complexity index is 1130. The Morgan fingerprint density at radius 1 is 0.926 bits per heavy atom. The summed E-state index contributed by atoms with van der Waals surface area (Å²) in [5, 5.41) is 18.8. The Labute approximate surface area is 157 Å². The van der Waals surface area contributed by atoms with Crippen molar-refractivity contribution in [1.82, 2.24) is 20.0 Å². The minimum absolute atomic E-state index is 0.680. The standard InChI is InChI=1S/C21H21N5O/c1-13-9-10-19(27-4)18(11-13)22-20-16-7-5-6-8-17(16)21(24-23-20)26-15(3)12-14(2)25-26/h5-12H,1-4H3,(H,22,23). The van der Waals surface area contributed by atoms with Crippen molar-refractivity contribution in [3.05, 3.63) is 65.5 Å². The van der Waals surface area contributed by atoms with Crippen LogP contribution >= 0.6 is 0 Å². The molecule has 0 aliphatic rings. The van der Waals surface area contributed by atoms with Crippen LogP contribution in [0.2, 0.25) is 0 Å². The molecule has 6 nitrogen and oxygen atoms in total. The van der Waals surface area contributed by atoms with Gasteiger partial charge in [0.05, 0.1) is 18.5 Å². The summed E-state index contributed by atoms with van der Waals surface area (Å²) in [6, 6.07) is 16.1. The first-order valence-electron chi connectivity index (χ1n) is 8.77. The molecule has 0 saturated carbocycles. The third-order valence-corrected chi connectivity index (χ3v) is 4.49. The summed E-state index contributed by atoms with van der Waals surface area (Å²) in [6.45, 7) is 6.03. The van der Waals surface area contributed by atoms with Crippen LogP contribution in [-0.4, -0.2) is 27.1 Å². The maximum atomic E-state index is 5.47. The molecule has 0 bridgehead atoms. The van der Waals surface area contributed by atoms with E-state index in [0.717, 1.165) is 45.0 Å². The van der Waals surface area contributed by atoms with E-state index in [-0.39, 0.29) is 0 Å². The molecule has 0 aliphatic heterocycles. The average Bonchev–Trinajstić information content (AvgIpc) is 3.00. The molecule has 2 aromatic carbocycles. The van der Waals surface area contributed by atoms with Crippen molar-refractivity contribution in [3.8, 4) is 11.6 Å². The lowest BCUT2D eigenvalue weighted by Crippen LogP contribution is -2.07. The van der Waals surface area contributed by atoms with Crippen molar-refractivity contribution in [2.24, 2.45) is 0 Å². The van der Waals surface area contributed by atoms with Crippen LogP contribution in [0, 0.1) is 20.8 Å². The van der Waals surface area contributed by atoms with Crippen LogP contribution in [-0.2, 0) is 0 Å². The predicted molar refractivity (Wildman–Crippen MR) is 107 cm³/mol. The van der Waals surface area contributed by atoms with Crippen LogP contribution in [0.4, 0.5) is 11.5 Å². The first-order chi connectivity index (χ1) is 13.1. The number of benzene rings is 2. The Hall–Kier alpha value is -3.41. The summed E-state index contributed by atoms with van der Waals surface area (Å²) in [4.78, 5) is 0. The van der Waals surface area contributed by atoms with E-state index in [9.17, 15) is 0 Å². The van der Waals surface area contributed by atoms with Gasteiger partial charge in [0, 0.05) is 16.5 Å². The Kier molecular flexibility index (Phi) is 4.24. The van der Waals surface area contributed by atoms with Gasteiger partial charge >= 0.3 is 0 Å². The van der Waals surface area contributed by atoms with Gasteiger partial charge in [-0.1, -0.05) is 30.3 Å². The molecule has 2 aromatic heterocycles. The van der Waals surface area contributed by atoms with Crippen molar-refractivity contribution in [2.75, 3.05) is 12.4 Å². The van der Waals surface area contributed by atoms with Gasteiger partial charge in [-0.3, -0.25) is 0 Å². The van der Waals surface area contributed by atoms with Gasteiger partial charge in [0.15, 0.2) is 11.6 Å². The molecule has 136 valence electrons. The maximum absolute atomic E-state index is 5.47. The summed E-state index contributed by atoms with van der Waals surface area (Å²) >= 11 is 0. The van der Waals surface area contributed by atoms with Gasteiger partial charge in [0.2, 0.25) is 0 Å². The molecule has 2 heterocycles. The number of fused-ring (bicyclic) bond motifs is 1. The summed E-state index contributed by atoms with van der Waals surface area (Å²) in [7, 11) is 1.66. The Morgan fingerprint density at radius 2 is 1.70 bits per heavy atom. The predicted octanol–water partition coefficient (Wildman–Crippen LogP) is 4.49. The molecule has 4 rings (SSSR count). The SMILES string of the molecule is COc1ccc(C)cc1Nc1nnc(-n2nc(C)cc2C)c2ccccc12. The topological polar surface area (TPSA) is 64.9 Å². The molecule has 0 spiro atoms. The Morgan fingerprint density at radius 3 is 2.41 bits per heavy atom. The molecular weight excluding hydrogens is 338 g/mol. The summed E-state index contributed by atoms with van der Waals surface area (Å²) in [6.07, 6.45) is 0. The molecule has 1 N–H and O–H groups in total. The molecule has 0 fully saturated rings. The van der Waals surface area contributed by atoms with E-state index in [1.807, 2.05) is 74.0 Å². The van der Waals surface area contributed by atoms with Crippen LogP contribution in [0.1, 0.15) is 17.0 Å². The highest BCUT2D eigenvalue weighted by Gasteiger charge is 2.14. The summed E-state index contributed by atoms with van der Waals surface area (Å²) in [5.41, 5.74) is 3.96. The van der Waals surface area contributed by atoms with Gasteiger partial charge < -0.3 is 10.1 Å². The number of nitrogens with one attached hydrogen (secondary N) is 1. The molecular formula is C21H21N5O. The Balaban J connectivity index is 1.86. The van der Waals surface area contributed by atoms with Crippen LogP contribution in [0.15, 0.2) is 48.5 Å². The van der Waals surface area contributed by atoms with E-state index >= 15 is 0 Å². The highest BCUT2D eigenvalue weighted by molar-refractivity contribution is 5.97. The quantitative estimate of drug-likeness (QED) is 0.581. The smallest absolute Gasteiger partial charge is 0.183 e. The summed E-state index contributed by atoms with van der Waals surface area (Å²) < 4.78 is 7.31. The molecule has 0 amide bonds. The minimum atomic E-state index is 0.680. The lowest BCUT2D eigenvalue weighted by atomic mass is 10.1. The maximum Gasteiger partial charge on any atom is 0.183 e. The fourth-order valence-electron chi connectivity index (χ4n) is 3.23. The highest BCUT2D eigenvalue weighted by atomic mass is 16.5. The first kappa shape index (κ1) is 17.0. The number of anilines is 2. The lowest BCUT2D eigenvalue weighted by molar-refractivity contribution is 0.416. The second kappa shape index (κ2) is 6.72. The average molecular weight is 359 g/mol. The monoisotopic (exact) mass is 359 g/mol. The van der Waals surface area contributed by atoms with Gasteiger partial charge in [0.1, 0.15) is 5.75 Å². The van der Waals surface area contributed by atoms with Crippen LogP contribution in [0.3, 0.4) is 0 Å². The van der Waals surface area contributed by atoms with Crippen molar-refractivity contribution in [1.29, 1.82) is 0 Å². The van der Waals surface area contributed by atoms with Crippen molar-refractivity contribution in [2.45, 2.75) is 20.8 Å². The fraction of sp³-hybridized carbons (Fsp3) is 0.190. The number of aryl methyl sites for hydroxylation is 3. The molecule has 0 aliphatic carbocycles. The van der Waals surface area contributed by atoms with Gasteiger partial charge in [-0.15, -0.1) is 10.2 Å². The molecule has 0 saturated heterocycles. The number of ether oxygens (including phenoxy) is 1. The van der Waals surface area contributed by atoms with Gasteiger partial charge in [-0.05, 0) is 44.5 Å². The van der Waals surface area contributed by atoms with Crippen molar-refractivity contribution >= 4 is 22.3 Å². The van der Waals surface area contributed by atoms with Crippen molar-refractivity contribution < 1.29 is 4.74 Å². The van der Waals surface area contributed by atoms with E-state index < -0.39 is 0 Å². The third kappa shape index (κ3) is 3.10. The normalized spacial score (nSPS) is 11.0. The number of hydrogen-bond donors (Lipinski definition) is 1. The lowest BCUT2D eigenvalue weighted by Gasteiger charge is -2.14. The fourth-order valence-corrected chi connectivity index (χ4v) is 3.23. The molecule has 0 atom stereocenters. The first-order valence-corrected chi connectivity index (χ1v) is 8.77. The van der Waals surface area contributed by atoms with E-state index in [1.165, 1.54) is 0 Å². The molecule has 4 aromatic rings. The number of methoxy groups -OCH3 is 1. The zero-order valence-corrected chi connectivity index (χ0v) is 15.8. The highest BCUT2D eigenvalue weighted by Crippen LogP contribution is 2.32. The van der Waals surface area contributed by atoms with Crippen LogP contribution in [0.5, 0.6) is 5.75 Å².